The van der Waals surface area contributed by atoms with Crippen molar-refractivity contribution >= 4 is 28.7 Å². The van der Waals surface area contributed by atoms with E-state index < -0.39 is 29.6 Å². The second kappa shape index (κ2) is 9.51. The quantitative estimate of drug-likeness (QED) is 0.622. The van der Waals surface area contributed by atoms with Crippen LogP contribution >= 0.6 is 0 Å². The number of aliphatic hydroxyl groups is 1. The predicted octanol–water partition coefficient (Wildman–Crippen LogP) is 2.19. The molecule has 1 amide bonds. The fourth-order valence-corrected chi connectivity index (χ4v) is 4.51. The first kappa shape index (κ1) is 22.8. The topological polar surface area (TPSA) is 109 Å². The van der Waals surface area contributed by atoms with Crippen molar-refractivity contribution in [1.82, 2.24) is 9.88 Å². The molecule has 2 aromatic rings. The van der Waals surface area contributed by atoms with Gasteiger partial charge in [-0.05, 0) is 30.9 Å². The molecule has 0 unspecified atom stereocenters. The molecule has 1 aliphatic rings. The summed E-state index contributed by atoms with van der Waals surface area (Å²) >= 11 is 0. The van der Waals surface area contributed by atoms with Gasteiger partial charge in [0.15, 0.2) is 6.10 Å². The maximum absolute atomic E-state index is 13.5. The third-order valence-electron chi connectivity index (χ3n) is 6.30. The zero-order valence-corrected chi connectivity index (χ0v) is 18.2. The molecule has 1 saturated heterocycles. The molecule has 2 N–H and O–H groups in total. The molecule has 31 heavy (non-hydrogen) atoms. The summed E-state index contributed by atoms with van der Waals surface area (Å²) in [5.41, 5.74) is 0.944. The molecule has 1 aromatic carbocycles. The van der Waals surface area contributed by atoms with Crippen molar-refractivity contribution in [3.63, 3.8) is 0 Å². The molecular formula is C23H30N2O6. The van der Waals surface area contributed by atoms with Gasteiger partial charge in [-0.1, -0.05) is 25.1 Å². The van der Waals surface area contributed by atoms with Crippen LogP contribution in [0.1, 0.15) is 38.7 Å². The van der Waals surface area contributed by atoms with Gasteiger partial charge in [0.1, 0.15) is 0 Å². The number of amides is 1. The largest absolute Gasteiger partial charge is 0.466 e. The van der Waals surface area contributed by atoms with E-state index in [1.807, 2.05) is 30.5 Å². The number of para-hydroxylation sites is 1. The first-order valence-electron chi connectivity index (χ1n) is 10.6. The van der Waals surface area contributed by atoms with Crippen LogP contribution in [0.5, 0.6) is 0 Å². The van der Waals surface area contributed by atoms with Crippen molar-refractivity contribution in [1.29, 1.82) is 0 Å². The summed E-state index contributed by atoms with van der Waals surface area (Å²) in [4.78, 5) is 42.1. The zero-order valence-electron chi connectivity index (χ0n) is 18.2. The number of aromatic amines is 1. The van der Waals surface area contributed by atoms with Crippen molar-refractivity contribution in [2.24, 2.45) is 5.41 Å². The van der Waals surface area contributed by atoms with Crippen LogP contribution in [-0.2, 0) is 30.3 Å². The Labute approximate surface area is 181 Å². The Hall–Kier alpha value is -2.87. The highest BCUT2D eigenvalue weighted by Crippen LogP contribution is 2.40. The van der Waals surface area contributed by atoms with Crippen LogP contribution < -0.4 is 0 Å². The second-order valence-electron chi connectivity index (χ2n) is 8.04. The normalized spacial score (nSPS) is 22.4. The van der Waals surface area contributed by atoms with Crippen LogP contribution in [0.25, 0.3) is 10.9 Å². The number of esters is 2. The molecular weight excluding hydrogens is 400 g/mol. The summed E-state index contributed by atoms with van der Waals surface area (Å²) in [6.07, 6.45) is 1.03. The van der Waals surface area contributed by atoms with Crippen molar-refractivity contribution in [3.05, 3.63) is 36.0 Å². The lowest BCUT2D eigenvalue weighted by atomic mass is 9.70. The number of fused-ring (bicyclic) bond motifs is 1. The Kier molecular flexibility index (Phi) is 7.00. The van der Waals surface area contributed by atoms with E-state index in [-0.39, 0.29) is 12.3 Å². The van der Waals surface area contributed by atoms with Gasteiger partial charge in [-0.15, -0.1) is 0 Å². The molecule has 0 radical (unpaired) electrons. The van der Waals surface area contributed by atoms with Gasteiger partial charge in [0.2, 0.25) is 5.91 Å². The second-order valence-corrected chi connectivity index (χ2v) is 8.04. The Morgan fingerprint density at radius 2 is 2.10 bits per heavy atom. The van der Waals surface area contributed by atoms with Gasteiger partial charge in [0.05, 0.1) is 18.6 Å². The summed E-state index contributed by atoms with van der Waals surface area (Å²) in [6, 6.07) is 7.99. The monoisotopic (exact) mass is 430 g/mol. The Bertz CT molecular complexity index is 954. The number of rotatable bonds is 8. The lowest BCUT2D eigenvalue weighted by Crippen LogP contribution is -2.58. The van der Waals surface area contributed by atoms with Gasteiger partial charge in [-0.2, -0.15) is 0 Å². The number of ether oxygens (including phenoxy) is 2. The summed E-state index contributed by atoms with van der Waals surface area (Å²) in [5, 5.41) is 11.9. The van der Waals surface area contributed by atoms with E-state index in [2.05, 4.69) is 4.98 Å². The highest BCUT2D eigenvalue weighted by molar-refractivity contribution is 5.87. The maximum atomic E-state index is 13.5. The number of piperidine rings is 1. The molecule has 1 aromatic heterocycles. The van der Waals surface area contributed by atoms with E-state index in [1.165, 1.54) is 14.0 Å². The summed E-state index contributed by atoms with van der Waals surface area (Å²) in [5.74, 6) is -1.61. The lowest BCUT2D eigenvalue weighted by molar-refractivity contribution is -0.176. The summed E-state index contributed by atoms with van der Waals surface area (Å²) in [7, 11) is 1.20. The standard InChI is InChI=1S/C23H30N2O6/c1-4-23(13-19(21(28)30-3)31-15(2)26)20(27)10-12-25(22(23)29)11-9-16-14-24-18-8-6-5-7-17(16)18/h5-8,14,19-20,24,27H,4,9-13H2,1-3H3/t19-,20+,23+/m0/s1. The van der Waals surface area contributed by atoms with Gasteiger partial charge in [-0.3, -0.25) is 9.59 Å². The number of aliphatic hydroxyl groups excluding tert-OH is 1. The van der Waals surface area contributed by atoms with Crippen LogP contribution in [0, 0.1) is 5.41 Å². The van der Waals surface area contributed by atoms with Crippen molar-refractivity contribution in [2.75, 3.05) is 20.2 Å². The lowest BCUT2D eigenvalue weighted by Gasteiger charge is -2.45. The SMILES string of the molecule is CC[C@]1(C[C@H](OC(C)=O)C(=O)OC)C(=O)N(CCc2c[nH]c3ccccc23)CC[C@H]1O. The average Bonchev–Trinajstić information content (AvgIpc) is 3.17. The fourth-order valence-electron chi connectivity index (χ4n) is 4.51. The molecule has 0 aliphatic carbocycles. The fraction of sp³-hybridized carbons (Fsp3) is 0.522. The number of hydrogen-bond donors (Lipinski definition) is 2. The molecule has 2 heterocycles. The number of H-pyrrole nitrogens is 1. The smallest absolute Gasteiger partial charge is 0.347 e. The highest BCUT2D eigenvalue weighted by Gasteiger charge is 2.51. The first-order valence-corrected chi connectivity index (χ1v) is 10.6. The van der Waals surface area contributed by atoms with Gasteiger partial charge in [-0.25, -0.2) is 4.79 Å². The third-order valence-corrected chi connectivity index (χ3v) is 6.30. The molecule has 0 spiro atoms. The van der Waals surface area contributed by atoms with Crippen LogP contribution in [0.3, 0.4) is 0 Å². The molecule has 0 bridgehead atoms. The van der Waals surface area contributed by atoms with E-state index in [0.29, 0.717) is 32.4 Å². The maximum Gasteiger partial charge on any atom is 0.347 e. The molecule has 3 atom stereocenters. The summed E-state index contributed by atoms with van der Waals surface area (Å²) in [6.45, 7) is 3.92. The van der Waals surface area contributed by atoms with Crippen LogP contribution in [0.4, 0.5) is 0 Å². The minimum atomic E-state index is -1.24. The number of nitrogens with zero attached hydrogens (tertiary/aromatic N) is 1. The minimum absolute atomic E-state index is 0.112. The number of carbonyl (C=O) groups is 3. The molecule has 168 valence electrons. The Morgan fingerprint density at radius 3 is 2.77 bits per heavy atom. The van der Waals surface area contributed by atoms with Gasteiger partial charge in [0, 0.05) is 43.5 Å². The van der Waals surface area contributed by atoms with Gasteiger partial charge in [0.25, 0.3) is 0 Å². The molecule has 3 rings (SSSR count). The van der Waals surface area contributed by atoms with E-state index in [0.717, 1.165) is 16.5 Å². The Balaban J connectivity index is 1.79. The Morgan fingerprint density at radius 1 is 1.35 bits per heavy atom. The predicted molar refractivity (Wildman–Crippen MR) is 114 cm³/mol. The number of methoxy groups -OCH3 is 1. The number of nitrogens with one attached hydrogen (secondary N) is 1. The van der Waals surface area contributed by atoms with Crippen molar-refractivity contribution in [3.8, 4) is 0 Å². The van der Waals surface area contributed by atoms with E-state index in [9.17, 15) is 19.5 Å². The molecule has 8 nitrogen and oxygen atoms in total. The van der Waals surface area contributed by atoms with Gasteiger partial charge >= 0.3 is 11.9 Å². The van der Waals surface area contributed by atoms with Gasteiger partial charge < -0.3 is 24.5 Å². The highest BCUT2D eigenvalue weighted by atomic mass is 16.6. The number of hydrogen-bond acceptors (Lipinski definition) is 6. The number of benzene rings is 1. The first-order chi connectivity index (χ1) is 14.8. The number of likely N-dealkylation sites (tertiary alicyclic amines) is 1. The average molecular weight is 431 g/mol. The third kappa shape index (κ3) is 4.58. The van der Waals surface area contributed by atoms with Crippen LogP contribution in [0.15, 0.2) is 30.5 Å². The molecule has 8 heteroatoms. The number of carbonyl (C=O) groups excluding carboxylic acids is 3. The van der Waals surface area contributed by atoms with Crippen LogP contribution in [-0.4, -0.2) is 65.2 Å². The van der Waals surface area contributed by atoms with Crippen molar-refractivity contribution in [2.45, 2.75) is 51.7 Å². The van der Waals surface area contributed by atoms with E-state index in [4.69, 9.17) is 9.47 Å². The minimum Gasteiger partial charge on any atom is -0.466 e. The number of aromatic nitrogens is 1. The molecule has 1 fully saturated rings. The molecule has 1 aliphatic heterocycles. The van der Waals surface area contributed by atoms with E-state index in [1.54, 1.807) is 11.8 Å². The zero-order chi connectivity index (χ0) is 22.6. The van der Waals surface area contributed by atoms with Crippen LogP contribution in [0.2, 0.25) is 0 Å². The summed E-state index contributed by atoms with van der Waals surface area (Å²) < 4.78 is 9.88. The van der Waals surface area contributed by atoms with Crippen molar-refractivity contribution < 1.29 is 29.0 Å². The molecule has 0 saturated carbocycles. The van der Waals surface area contributed by atoms with E-state index >= 15 is 0 Å².